The van der Waals surface area contributed by atoms with Gasteiger partial charge in [-0.15, -0.1) is 0 Å². The molecule has 29 heavy (non-hydrogen) atoms. The number of rotatable bonds is 7. The average Bonchev–Trinajstić information content (AvgIpc) is 2.82. The lowest BCUT2D eigenvalue weighted by atomic mass is 10.1. The van der Waals surface area contributed by atoms with Crippen molar-refractivity contribution in [2.24, 2.45) is 0 Å². The van der Waals surface area contributed by atoms with Gasteiger partial charge in [-0.1, -0.05) is 6.07 Å². The number of nitrogens with one attached hydrogen (secondary N) is 3. The maximum Gasteiger partial charge on any atom is 0.305 e. The van der Waals surface area contributed by atoms with E-state index >= 15 is 0 Å². The van der Waals surface area contributed by atoms with E-state index in [1.807, 2.05) is 18.2 Å². The predicted molar refractivity (Wildman–Crippen MR) is 108 cm³/mol. The highest BCUT2D eigenvalue weighted by atomic mass is 16.4. The molecule has 1 aliphatic rings. The molecule has 1 atom stereocenters. The molecule has 2 heterocycles. The van der Waals surface area contributed by atoms with Crippen molar-refractivity contribution in [2.75, 3.05) is 30.8 Å². The number of hydrogen-bond donors (Lipinski definition) is 4. The van der Waals surface area contributed by atoms with Crippen molar-refractivity contribution in [1.82, 2.24) is 15.2 Å². The maximum atomic E-state index is 12.5. The van der Waals surface area contributed by atoms with Crippen LogP contribution in [0.15, 0.2) is 42.6 Å². The monoisotopic (exact) mass is 397 g/mol. The maximum absolute atomic E-state index is 12.5. The average molecular weight is 397 g/mol. The van der Waals surface area contributed by atoms with E-state index in [0.717, 1.165) is 11.4 Å². The molecular weight excluding hydrogens is 374 g/mol. The molecule has 2 aromatic rings. The van der Waals surface area contributed by atoms with Gasteiger partial charge in [0.05, 0.1) is 6.42 Å². The summed E-state index contributed by atoms with van der Waals surface area (Å²) in [5.74, 6) is -0.837. The van der Waals surface area contributed by atoms with E-state index in [4.69, 9.17) is 5.11 Å². The number of carbonyl (C=O) groups is 3. The molecule has 0 saturated heterocycles. The van der Waals surface area contributed by atoms with Crippen LogP contribution in [0.3, 0.4) is 0 Å². The molecule has 2 amide bonds. The van der Waals surface area contributed by atoms with Crippen LogP contribution >= 0.6 is 0 Å². The molecule has 3 rings (SSSR count). The Morgan fingerprint density at radius 3 is 2.83 bits per heavy atom. The van der Waals surface area contributed by atoms with Crippen LogP contribution in [0.1, 0.15) is 22.3 Å². The Bertz CT molecular complexity index is 903. The summed E-state index contributed by atoms with van der Waals surface area (Å²) in [6.07, 6.45) is 1.38. The van der Waals surface area contributed by atoms with Crippen LogP contribution in [0, 0.1) is 0 Å². The van der Waals surface area contributed by atoms with Crippen LogP contribution in [-0.2, 0) is 16.1 Å². The fourth-order valence-corrected chi connectivity index (χ4v) is 3.10. The van der Waals surface area contributed by atoms with Crippen molar-refractivity contribution in [2.45, 2.75) is 19.0 Å². The number of fused-ring (bicyclic) bond motifs is 1. The lowest BCUT2D eigenvalue weighted by Gasteiger charge is -2.19. The van der Waals surface area contributed by atoms with E-state index in [0.29, 0.717) is 30.9 Å². The van der Waals surface area contributed by atoms with E-state index < -0.39 is 12.0 Å². The third-order valence-corrected chi connectivity index (χ3v) is 4.54. The second kappa shape index (κ2) is 9.05. The molecule has 0 spiro atoms. The summed E-state index contributed by atoms with van der Waals surface area (Å²) in [7, 11) is 1.62. The van der Waals surface area contributed by atoms with E-state index in [9.17, 15) is 14.4 Å². The number of carboxylic acids is 1. The largest absolute Gasteiger partial charge is 0.481 e. The van der Waals surface area contributed by atoms with E-state index in [-0.39, 0.29) is 18.2 Å². The molecule has 1 aliphatic heterocycles. The molecule has 1 aromatic heterocycles. The molecule has 0 unspecified atom stereocenters. The molecule has 4 N–H and O–H groups in total. The topological polar surface area (TPSA) is 124 Å². The molecule has 1 aromatic carbocycles. The summed E-state index contributed by atoms with van der Waals surface area (Å²) in [5.41, 5.74) is 1.89. The Labute approximate surface area is 168 Å². The summed E-state index contributed by atoms with van der Waals surface area (Å²) < 4.78 is 0. The number of pyridine rings is 1. The Balaban J connectivity index is 1.62. The first kappa shape index (κ1) is 20.1. The smallest absolute Gasteiger partial charge is 0.305 e. The Morgan fingerprint density at radius 1 is 1.28 bits per heavy atom. The van der Waals surface area contributed by atoms with Crippen LogP contribution in [0.25, 0.3) is 0 Å². The fourth-order valence-electron chi connectivity index (χ4n) is 3.10. The van der Waals surface area contributed by atoms with Gasteiger partial charge in [0.15, 0.2) is 0 Å². The van der Waals surface area contributed by atoms with Gasteiger partial charge in [0.1, 0.15) is 11.9 Å². The second-order valence-corrected chi connectivity index (χ2v) is 6.76. The number of carboxylic acid groups (broad SMARTS) is 1. The first-order valence-electron chi connectivity index (χ1n) is 9.23. The standard InChI is InChI=1S/C20H23N5O4/c1-25-12-14-10-13(5-6-15(14)24-16(20(25)29)11-18(26)27)19(28)23-9-8-22-17-4-2-3-7-21-17/h2-7,10,16,24H,8-9,11-12H2,1H3,(H,21,22)(H,23,28)(H,26,27)/t16-/m0/s1. The molecule has 9 heteroatoms. The molecule has 0 aliphatic carbocycles. The molecule has 152 valence electrons. The highest BCUT2D eigenvalue weighted by Crippen LogP contribution is 2.24. The fraction of sp³-hybridized carbons (Fsp3) is 0.300. The minimum atomic E-state index is -1.05. The molecule has 0 bridgehead atoms. The van der Waals surface area contributed by atoms with Gasteiger partial charge in [0.25, 0.3) is 5.91 Å². The van der Waals surface area contributed by atoms with Crippen molar-refractivity contribution < 1.29 is 19.5 Å². The number of benzene rings is 1. The number of carbonyl (C=O) groups excluding carboxylic acids is 2. The van der Waals surface area contributed by atoms with Gasteiger partial charge in [0.2, 0.25) is 5.91 Å². The SMILES string of the molecule is CN1Cc2cc(C(=O)NCCNc3ccccn3)ccc2N[C@@H](CC(=O)O)C1=O. The van der Waals surface area contributed by atoms with Gasteiger partial charge >= 0.3 is 5.97 Å². The number of amides is 2. The van der Waals surface area contributed by atoms with Gasteiger partial charge in [-0.3, -0.25) is 14.4 Å². The van der Waals surface area contributed by atoms with Crippen LogP contribution < -0.4 is 16.0 Å². The zero-order valence-corrected chi connectivity index (χ0v) is 16.0. The minimum Gasteiger partial charge on any atom is -0.481 e. The normalized spacial score (nSPS) is 15.7. The first-order valence-corrected chi connectivity index (χ1v) is 9.23. The van der Waals surface area contributed by atoms with Crippen LogP contribution in [0.2, 0.25) is 0 Å². The highest BCUT2D eigenvalue weighted by Gasteiger charge is 2.29. The summed E-state index contributed by atoms with van der Waals surface area (Å²) in [5, 5.41) is 18.0. The molecule has 0 saturated carbocycles. The van der Waals surface area contributed by atoms with Gasteiger partial charge in [-0.2, -0.15) is 0 Å². The van der Waals surface area contributed by atoms with Crippen LogP contribution in [0.5, 0.6) is 0 Å². The summed E-state index contributed by atoms with van der Waals surface area (Å²) in [6, 6.07) is 9.79. The van der Waals surface area contributed by atoms with Crippen LogP contribution in [0.4, 0.5) is 11.5 Å². The molecule has 0 radical (unpaired) electrons. The quantitative estimate of drug-likeness (QED) is 0.517. The number of nitrogens with zero attached hydrogens (tertiary/aromatic N) is 2. The zero-order valence-electron chi connectivity index (χ0n) is 16.0. The Hall–Kier alpha value is -3.62. The lowest BCUT2D eigenvalue weighted by molar-refractivity contribution is -0.141. The van der Waals surface area contributed by atoms with Crippen molar-refractivity contribution >= 4 is 29.3 Å². The number of likely N-dealkylation sites (N-methyl/N-ethyl adjacent to an activating group) is 1. The summed E-state index contributed by atoms with van der Waals surface area (Å²) in [6.45, 7) is 1.24. The van der Waals surface area contributed by atoms with Crippen molar-refractivity contribution in [1.29, 1.82) is 0 Å². The number of aromatic nitrogens is 1. The molecule has 9 nitrogen and oxygen atoms in total. The highest BCUT2D eigenvalue weighted by molar-refractivity contribution is 5.95. The van der Waals surface area contributed by atoms with E-state index in [1.54, 1.807) is 31.4 Å². The lowest BCUT2D eigenvalue weighted by Crippen LogP contribution is -2.39. The van der Waals surface area contributed by atoms with Gasteiger partial charge < -0.3 is 26.0 Å². The summed E-state index contributed by atoms with van der Waals surface area (Å²) >= 11 is 0. The van der Waals surface area contributed by atoms with Crippen molar-refractivity contribution in [3.63, 3.8) is 0 Å². The molecular formula is C20H23N5O4. The van der Waals surface area contributed by atoms with Crippen molar-refractivity contribution in [3.05, 3.63) is 53.7 Å². The Kier molecular flexibility index (Phi) is 6.28. The van der Waals surface area contributed by atoms with Gasteiger partial charge in [0, 0.05) is 44.1 Å². The third-order valence-electron chi connectivity index (χ3n) is 4.54. The number of hydrogen-bond acceptors (Lipinski definition) is 6. The number of aliphatic carboxylic acids is 1. The van der Waals surface area contributed by atoms with Gasteiger partial charge in [-0.05, 0) is 35.9 Å². The Morgan fingerprint density at radius 2 is 2.10 bits per heavy atom. The summed E-state index contributed by atoms with van der Waals surface area (Å²) in [4.78, 5) is 41.5. The first-order chi connectivity index (χ1) is 13.9. The zero-order chi connectivity index (χ0) is 20.8. The second-order valence-electron chi connectivity index (χ2n) is 6.76. The number of anilines is 2. The van der Waals surface area contributed by atoms with Crippen LogP contribution in [-0.4, -0.2) is 59.0 Å². The predicted octanol–water partition coefficient (Wildman–Crippen LogP) is 1.15. The van der Waals surface area contributed by atoms with E-state index in [2.05, 4.69) is 20.9 Å². The van der Waals surface area contributed by atoms with E-state index in [1.165, 1.54) is 4.90 Å². The van der Waals surface area contributed by atoms with Gasteiger partial charge in [-0.25, -0.2) is 4.98 Å². The third kappa shape index (κ3) is 5.22. The minimum absolute atomic E-state index is 0.226. The van der Waals surface area contributed by atoms with Crippen molar-refractivity contribution in [3.8, 4) is 0 Å². The molecule has 0 fully saturated rings.